The molecule has 0 saturated carbocycles. The number of anilines is 1. The molecule has 1 heterocycles. The Hall–Kier alpha value is -0.830. The van der Waals surface area contributed by atoms with Crippen molar-refractivity contribution in [1.29, 1.82) is 0 Å². The van der Waals surface area contributed by atoms with Gasteiger partial charge in [-0.1, -0.05) is 12.1 Å². The average molecular weight is 236 g/mol. The Balaban J connectivity index is 2.28. The zero-order chi connectivity index (χ0) is 10.5. The van der Waals surface area contributed by atoms with Crippen LogP contribution in [0.25, 0.3) is 0 Å². The molecule has 0 radical (unpaired) electrons. The van der Waals surface area contributed by atoms with Crippen LogP contribution < -0.4 is 4.90 Å². The van der Waals surface area contributed by atoms with Crippen molar-refractivity contribution >= 4 is 40.5 Å². The van der Waals surface area contributed by atoms with Crippen LogP contribution in [0.15, 0.2) is 29.3 Å². The van der Waals surface area contributed by atoms with E-state index in [2.05, 4.69) is 33.3 Å². The van der Waals surface area contributed by atoms with Crippen molar-refractivity contribution in [2.45, 2.75) is 0 Å². The molecular formula is C11H12N2S2. The lowest BCUT2D eigenvalue weighted by molar-refractivity contribution is 0.859. The number of isothiocyanates is 1. The average Bonchev–Trinajstić information content (AvgIpc) is 2.31. The second-order valence-corrected chi connectivity index (χ2v) is 4.70. The van der Waals surface area contributed by atoms with Crippen LogP contribution >= 0.6 is 24.0 Å². The maximum atomic E-state index is 4.66. The number of hydrogen-bond acceptors (Lipinski definition) is 4. The van der Waals surface area contributed by atoms with Crippen LogP contribution in [0.2, 0.25) is 0 Å². The summed E-state index contributed by atoms with van der Waals surface area (Å²) >= 11 is 6.66. The molecule has 0 amide bonds. The lowest BCUT2D eigenvalue weighted by Crippen LogP contribution is -2.32. The summed E-state index contributed by atoms with van der Waals surface area (Å²) in [6.45, 7) is 2.18. The Bertz CT molecular complexity index is 380. The number of para-hydroxylation sites is 2. The van der Waals surface area contributed by atoms with E-state index in [0.29, 0.717) is 0 Å². The Morgan fingerprint density at radius 2 is 2.00 bits per heavy atom. The Labute approximate surface area is 99.4 Å². The van der Waals surface area contributed by atoms with E-state index in [0.717, 1.165) is 18.8 Å². The van der Waals surface area contributed by atoms with E-state index in [1.807, 2.05) is 30.0 Å². The summed E-state index contributed by atoms with van der Waals surface area (Å²) in [5.41, 5.74) is 2.11. The molecule has 1 aromatic rings. The molecule has 1 aliphatic rings. The van der Waals surface area contributed by atoms with Gasteiger partial charge in [0, 0.05) is 24.6 Å². The highest BCUT2D eigenvalue weighted by molar-refractivity contribution is 7.99. The molecule has 0 atom stereocenters. The minimum Gasteiger partial charge on any atom is -0.368 e. The van der Waals surface area contributed by atoms with Crippen molar-refractivity contribution in [1.82, 2.24) is 0 Å². The van der Waals surface area contributed by atoms with Gasteiger partial charge in [0.2, 0.25) is 0 Å². The zero-order valence-electron chi connectivity index (χ0n) is 8.35. The van der Waals surface area contributed by atoms with Crippen LogP contribution in [0.1, 0.15) is 0 Å². The highest BCUT2D eigenvalue weighted by atomic mass is 32.2. The number of nitrogens with zero attached hydrogens (tertiary/aromatic N) is 2. The van der Waals surface area contributed by atoms with Gasteiger partial charge in [0.05, 0.1) is 16.5 Å². The van der Waals surface area contributed by atoms with Crippen LogP contribution in [-0.4, -0.2) is 29.8 Å². The molecule has 2 nitrogen and oxygen atoms in total. The smallest absolute Gasteiger partial charge is 0.0972 e. The topological polar surface area (TPSA) is 15.6 Å². The lowest BCUT2D eigenvalue weighted by atomic mass is 10.2. The fourth-order valence-electron chi connectivity index (χ4n) is 1.68. The number of hydrogen-bond donors (Lipinski definition) is 0. The molecule has 4 heteroatoms. The molecule has 0 spiro atoms. The largest absolute Gasteiger partial charge is 0.368 e. The van der Waals surface area contributed by atoms with Gasteiger partial charge in [-0.15, -0.1) is 0 Å². The second-order valence-electron chi connectivity index (χ2n) is 3.29. The first kappa shape index (κ1) is 10.7. The number of rotatable bonds is 2. The minimum atomic E-state index is 0.930. The third-order valence-electron chi connectivity index (χ3n) is 2.40. The van der Waals surface area contributed by atoms with Crippen molar-refractivity contribution in [3.63, 3.8) is 0 Å². The van der Waals surface area contributed by atoms with Gasteiger partial charge in [0.25, 0.3) is 0 Å². The summed E-state index contributed by atoms with van der Waals surface area (Å²) < 4.78 is 0. The summed E-state index contributed by atoms with van der Waals surface area (Å²) in [6.07, 6.45) is 0. The molecule has 2 rings (SSSR count). The van der Waals surface area contributed by atoms with Crippen molar-refractivity contribution in [3.8, 4) is 0 Å². The molecule has 15 heavy (non-hydrogen) atoms. The lowest BCUT2D eigenvalue weighted by Gasteiger charge is -2.29. The van der Waals surface area contributed by atoms with E-state index < -0.39 is 0 Å². The summed E-state index contributed by atoms with van der Waals surface area (Å²) in [5.74, 6) is 2.38. The van der Waals surface area contributed by atoms with E-state index in [-0.39, 0.29) is 0 Å². The van der Waals surface area contributed by atoms with Crippen molar-refractivity contribution < 1.29 is 0 Å². The molecule has 0 N–H and O–H groups in total. The summed E-state index contributed by atoms with van der Waals surface area (Å²) in [6, 6.07) is 8.10. The van der Waals surface area contributed by atoms with Crippen molar-refractivity contribution in [2.75, 3.05) is 29.5 Å². The van der Waals surface area contributed by atoms with Crippen molar-refractivity contribution in [3.05, 3.63) is 24.3 Å². The second kappa shape index (κ2) is 5.31. The maximum absolute atomic E-state index is 4.66. The summed E-state index contributed by atoms with van der Waals surface area (Å²) in [5, 5.41) is 2.44. The fraction of sp³-hybridized carbons (Fsp3) is 0.364. The monoisotopic (exact) mass is 236 g/mol. The predicted molar refractivity (Wildman–Crippen MR) is 70.7 cm³/mol. The van der Waals surface area contributed by atoms with Crippen molar-refractivity contribution in [2.24, 2.45) is 4.99 Å². The molecule has 0 bridgehead atoms. The minimum absolute atomic E-state index is 0.930. The van der Waals surface area contributed by atoms with E-state index in [1.54, 1.807) is 0 Å². The molecule has 78 valence electrons. The van der Waals surface area contributed by atoms with Gasteiger partial charge in [-0.2, -0.15) is 16.8 Å². The first-order valence-corrected chi connectivity index (χ1v) is 6.48. The molecule has 1 saturated heterocycles. The highest BCUT2D eigenvalue weighted by Crippen LogP contribution is 2.29. The van der Waals surface area contributed by atoms with E-state index in [9.17, 15) is 0 Å². The number of thiocarbonyl (C=S) groups is 1. The third-order valence-corrected chi connectivity index (χ3v) is 3.43. The highest BCUT2D eigenvalue weighted by Gasteiger charge is 2.13. The Morgan fingerprint density at radius 3 is 2.73 bits per heavy atom. The van der Waals surface area contributed by atoms with Crippen LogP contribution in [0.5, 0.6) is 0 Å². The molecule has 1 fully saturated rings. The van der Waals surface area contributed by atoms with Gasteiger partial charge < -0.3 is 4.90 Å². The quantitative estimate of drug-likeness (QED) is 0.580. The first-order valence-electron chi connectivity index (χ1n) is 4.91. The first-order chi connectivity index (χ1) is 7.42. The Morgan fingerprint density at radius 1 is 1.27 bits per heavy atom. The number of benzene rings is 1. The van der Waals surface area contributed by atoms with E-state index >= 15 is 0 Å². The van der Waals surface area contributed by atoms with Gasteiger partial charge in [0.15, 0.2) is 0 Å². The van der Waals surface area contributed by atoms with Gasteiger partial charge in [-0.3, -0.25) is 0 Å². The molecule has 0 aliphatic carbocycles. The molecular weight excluding hydrogens is 224 g/mol. The summed E-state index contributed by atoms with van der Waals surface area (Å²) in [7, 11) is 0. The molecule has 1 aromatic carbocycles. The maximum Gasteiger partial charge on any atom is 0.0972 e. The summed E-state index contributed by atoms with van der Waals surface area (Å²) in [4.78, 5) is 6.46. The molecule has 0 aromatic heterocycles. The van der Waals surface area contributed by atoms with E-state index in [1.165, 1.54) is 17.2 Å². The van der Waals surface area contributed by atoms with Gasteiger partial charge in [-0.25, -0.2) is 0 Å². The predicted octanol–water partition coefficient (Wildman–Crippen LogP) is 2.97. The van der Waals surface area contributed by atoms with Gasteiger partial charge in [-0.05, 0) is 24.4 Å². The van der Waals surface area contributed by atoms with Crippen LogP contribution in [0.4, 0.5) is 11.4 Å². The SMILES string of the molecule is S=C=Nc1ccccc1N1CCSCC1. The van der Waals surface area contributed by atoms with Gasteiger partial charge >= 0.3 is 0 Å². The molecule has 1 aliphatic heterocycles. The van der Waals surface area contributed by atoms with Crippen LogP contribution in [0, 0.1) is 0 Å². The fourth-order valence-corrected chi connectivity index (χ4v) is 2.68. The standard InChI is InChI=1S/C11H12N2S2/c14-9-12-10-3-1-2-4-11(10)13-5-7-15-8-6-13/h1-4H,5-8H2. The van der Waals surface area contributed by atoms with Gasteiger partial charge in [0.1, 0.15) is 0 Å². The Kier molecular flexibility index (Phi) is 3.78. The van der Waals surface area contributed by atoms with Crippen LogP contribution in [0.3, 0.4) is 0 Å². The van der Waals surface area contributed by atoms with E-state index in [4.69, 9.17) is 0 Å². The number of aliphatic imine (C=N–C) groups is 1. The molecule has 0 unspecified atom stereocenters. The zero-order valence-corrected chi connectivity index (χ0v) is 9.98. The normalized spacial score (nSPS) is 15.9. The third kappa shape index (κ3) is 2.59. The van der Waals surface area contributed by atoms with Crippen LogP contribution in [-0.2, 0) is 0 Å². The number of thioether (sulfide) groups is 1.